The predicted molar refractivity (Wildman–Crippen MR) is 61.0 cm³/mol. The summed E-state index contributed by atoms with van der Waals surface area (Å²) in [6, 6.07) is 0. The Kier molecular flexibility index (Phi) is 6.67. The summed E-state index contributed by atoms with van der Waals surface area (Å²) in [6.07, 6.45) is 1.99. The van der Waals surface area contributed by atoms with E-state index in [0.29, 0.717) is 0 Å². The molecule has 0 saturated carbocycles. The number of hydrogen-bond donors (Lipinski definition) is 0. The van der Waals surface area contributed by atoms with E-state index in [-0.39, 0.29) is 24.1 Å². The van der Waals surface area contributed by atoms with Crippen LogP contribution in [0.4, 0.5) is 0 Å². The van der Waals surface area contributed by atoms with E-state index < -0.39 is 0 Å². The van der Waals surface area contributed by atoms with Crippen LogP contribution in [0.15, 0.2) is 25.0 Å². The van der Waals surface area contributed by atoms with Crippen molar-refractivity contribution in [2.24, 2.45) is 0 Å². The summed E-state index contributed by atoms with van der Waals surface area (Å²) in [7, 11) is 0. The van der Waals surface area contributed by atoms with Crippen LogP contribution in [0, 0.1) is 0 Å². The third-order valence-electron chi connectivity index (χ3n) is 2.04. The summed E-state index contributed by atoms with van der Waals surface area (Å²) in [6.45, 7) is 15.2. The van der Waals surface area contributed by atoms with E-state index in [1.54, 1.807) is 0 Å². The lowest BCUT2D eigenvalue weighted by Gasteiger charge is -2.18. The van der Waals surface area contributed by atoms with E-state index in [0.717, 1.165) is 12.8 Å². The molecule has 0 radical (unpaired) electrons. The van der Waals surface area contributed by atoms with Crippen LogP contribution >= 0.6 is 0 Å². The summed E-state index contributed by atoms with van der Waals surface area (Å²) < 4.78 is 15.8. The Labute approximate surface area is 92.7 Å². The van der Waals surface area contributed by atoms with Crippen LogP contribution in [0.1, 0.15) is 40.5 Å². The number of ether oxygens (including phenoxy) is 3. The molecule has 0 aliphatic rings. The Balaban J connectivity index is 3.81. The van der Waals surface area contributed by atoms with E-state index in [1.807, 2.05) is 27.7 Å². The van der Waals surface area contributed by atoms with Crippen LogP contribution < -0.4 is 0 Å². The van der Waals surface area contributed by atoms with E-state index in [1.165, 1.54) is 0 Å². The van der Waals surface area contributed by atoms with Crippen LogP contribution in [-0.4, -0.2) is 12.2 Å². The molecule has 88 valence electrons. The van der Waals surface area contributed by atoms with Gasteiger partial charge in [0.1, 0.15) is 0 Å². The third-order valence-corrected chi connectivity index (χ3v) is 2.04. The molecule has 15 heavy (non-hydrogen) atoms. The van der Waals surface area contributed by atoms with Gasteiger partial charge in [-0.1, -0.05) is 13.8 Å². The molecule has 0 aliphatic carbocycles. The molecule has 0 aromatic carbocycles. The summed E-state index contributed by atoms with van der Waals surface area (Å²) >= 11 is 0. The van der Waals surface area contributed by atoms with Crippen LogP contribution in [-0.2, 0) is 14.2 Å². The molecule has 0 heterocycles. The summed E-state index contributed by atoms with van der Waals surface area (Å²) in [5.74, 6) is 0.468. The standard InChI is InChI=1S/C12H22O3/c1-7-9(3)13-11(5)15-12(6)14-10(4)8-2/h9-10H,5-8H2,1-4H3. The van der Waals surface area contributed by atoms with Crippen molar-refractivity contribution < 1.29 is 14.2 Å². The molecule has 3 heteroatoms. The van der Waals surface area contributed by atoms with Crippen molar-refractivity contribution in [1.29, 1.82) is 0 Å². The van der Waals surface area contributed by atoms with Gasteiger partial charge in [-0.3, -0.25) is 0 Å². The van der Waals surface area contributed by atoms with Gasteiger partial charge in [0.15, 0.2) is 0 Å². The monoisotopic (exact) mass is 214 g/mol. The largest absolute Gasteiger partial charge is 0.463 e. The summed E-state index contributed by atoms with van der Waals surface area (Å²) in [5, 5.41) is 0. The number of hydrogen-bond acceptors (Lipinski definition) is 3. The number of rotatable bonds is 8. The lowest BCUT2D eigenvalue weighted by molar-refractivity contribution is -0.0426. The molecule has 0 saturated heterocycles. The van der Waals surface area contributed by atoms with E-state index in [2.05, 4.69) is 13.2 Å². The van der Waals surface area contributed by atoms with Gasteiger partial charge in [0.2, 0.25) is 0 Å². The molecule has 3 nitrogen and oxygen atoms in total. The van der Waals surface area contributed by atoms with Crippen LogP contribution in [0.5, 0.6) is 0 Å². The first-order valence-electron chi connectivity index (χ1n) is 5.38. The molecule has 0 aromatic rings. The molecule has 2 atom stereocenters. The first-order valence-corrected chi connectivity index (χ1v) is 5.38. The van der Waals surface area contributed by atoms with E-state index in [9.17, 15) is 0 Å². The van der Waals surface area contributed by atoms with Crippen LogP contribution in [0.3, 0.4) is 0 Å². The smallest absolute Gasteiger partial charge is 0.279 e. The fraction of sp³-hybridized carbons (Fsp3) is 0.667. The van der Waals surface area contributed by atoms with Gasteiger partial charge in [-0.2, -0.15) is 0 Å². The maximum absolute atomic E-state index is 5.33. The first kappa shape index (κ1) is 13.9. The van der Waals surface area contributed by atoms with Gasteiger partial charge >= 0.3 is 0 Å². The minimum absolute atomic E-state index is 0.0916. The summed E-state index contributed by atoms with van der Waals surface area (Å²) in [5.41, 5.74) is 0. The van der Waals surface area contributed by atoms with Crippen LogP contribution in [0.2, 0.25) is 0 Å². The molecular formula is C12H22O3. The minimum Gasteiger partial charge on any atom is -0.463 e. The van der Waals surface area contributed by atoms with Gasteiger partial charge < -0.3 is 14.2 Å². The molecule has 0 fully saturated rings. The Bertz CT molecular complexity index is 189. The maximum Gasteiger partial charge on any atom is 0.279 e. The fourth-order valence-corrected chi connectivity index (χ4v) is 0.791. The van der Waals surface area contributed by atoms with Crippen molar-refractivity contribution in [3.63, 3.8) is 0 Å². The zero-order valence-corrected chi connectivity index (χ0v) is 10.2. The van der Waals surface area contributed by atoms with Crippen molar-refractivity contribution in [2.45, 2.75) is 52.7 Å². The predicted octanol–water partition coefficient (Wildman–Crippen LogP) is 3.58. The zero-order valence-electron chi connectivity index (χ0n) is 10.2. The van der Waals surface area contributed by atoms with E-state index in [4.69, 9.17) is 14.2 Å². The minimum atomic E-state index is 0.0916. The molecule has 0 N–H and O–H groups in total. The van der Waals surface area contributed by atoms with Gasteiger partial charge in [0, 0.05) is 0 Å². The molecule has 0 aliphatic heterocycles. The molecule has 0 aromatic heterocycles. The molecule has 0 amide bonds. The van der Waals surface area contributed by atoms with Crippen molar-refractivity contribution in [3.8, 4) is 0 Å². The van der Waals surface area contributed by atoms with Crippen LogP contribution in [0.25, 0.3) is 0 Å². The van der Waals surface area contributed by atoms with Crippen molar-refractivity contribution in [3.05, 3.63) is 25.0 Å². The Morgan fingerprint density at radius 2 is 1.27 bits per heavy atom. The second kappa shape index (κ2) is 7.21. The Morgan fingerprint density at radius 1 is 0.933 bits per heavy atom. The second-order valence-corrected chi connectivity index (χ2v) is 3.52. The van der Waals surface area contributed by atoms with Gasteiger partial charge in [0.25, 0.3) is 11.9 Å². The topological polar surface area (TPSA) is 27.7 Å². The quantitative estimate of drug-likeness (QED) is 0.578. The zero-order chi connectivity index (χ0) is 11.8. The SMILES string of the molecule is C=C(OC(=C)OC(C)CC)OC(C)CC. The first-order chi connectivity index (χ1) is 6.99. The second-order valence-electron chi connectivity index (χ2n) is 3.52. The third kappa shape index (κ3) is 6.89. The van der Waals surface area contributed by atoms with Crippen molar-refractivity contribution in [1.82, 2.24) is 0 Å². The van der Waals surface area contributed by atoms with Crippen molar-refractivity contribution in [2.75, 3.05) is 0 Å². The Hall–Kier alpha value is -1.12. The highest BCUT2D eigenvalue weighted by Crippen LogP contribution is 2.12. The maximum atomic E-state index is 5.33. The normalized spacial score (nSPS) is 13.9. The average Bonchev–Trinajstić information content (AvgIpc) is 2.16. The van der Waals surface area contributed by atoms with Gasteiger partial charge in [0.05, 0.1) is 12.2 Å². The van der Waals surface area contributed by atoms with Gasteiger partial charge in [-0.15, -0.1) is 0 Å². The highest BCUT2D eigenvalue weighted by atomic mass is 16.7. The lowest BCUT2D eigenvalue weighted by atomic mass is 10.3. The Morgan fingerprint density at radius 3 is 1.53 bits per heavy atom. The molecule has 0 rings (SSSR count). The van der Waals surface area contributed by atoms with Gasteiger partial charge in [-0.25, -0.2) is 0 Å². The molecule has 0 bridgehead atoms. The van der Waals surface area contributed by atoms with E-state index >= 15 is 0 Å². The lowest BCUT2D eigenvalue weighted by Crippen LogP contribution is -2.11. The molecule has 0 spiro atoms. The van der Waals surface area contributed by atoms with Crippen molar-refractivity contribution >= 4 is 0 Å². The highest BCUT2D eigenvalue weighted by molar-refractivity contribution is 4.80. The molecular weight excluding hydrogens is 192 g/mol. The summed E-state index contributed by atoms with van der Waals surface area (Å²) in [4.78, 5) is 0. The highest BCUT2D eigenvalue weighted by Gasteiger charge is 2.07. The average molecular weight is 214 g/mol. The molecule has 2 unspecified atom stereocenters. The fourth-order valence-electron chi connectivity index (χ4n) is 0.791. The van der Waals surface area contributed by atoms with Gasteiger partial charge in [-0.05, 0) is 39.8 Å².